The molecule has 1 saturated heterocycles. The molecular weight excluding hydrogens is 204 g/mol. The first-order chi connectivity index (χ1) is 7.65. The van der Waals surface area contributed by atoms with Crippen LogP contribution < -0.4 is 5.32 Å². The molecule has 2 atom stereocenters. The van der Waals surface area contributed by atoms with Gasteiger partial charge < -0.3 is 14.8 Å². The SMILES string of the molecule is CNC1CCOCC1N(C)CCOC(C)C. The van der Waals surface area contributed by atoms with E-state index in [1.54, 1.807) is 0 Å². The number of hydrogen-bond donors (Lipinski definition) is 1. The van der Waals surface area contributed by atoms with Gasteiger partial charge in [-0.25, -0.2) is 0 Å². The van der Waals surface area contributed by atoms with Crippen molar-refractivity contribution < 1.29 is 9.47 Å². The fraction of sp³-hybridized carbons (Fsp3) is 1.00. The van der Waals surface area contributed by atoms with E-state index in [9.17, 15) is 0 Å². The third-order valence-electron chi connectivity index (χ3n) is 3.16. The lowest BCUT2D eigenvalue weighted by Gasteiger charge is -2.37. The lowest BCUT2D eigenvalue weighted by molar-refractivity contribution is -0.00782. The molecule has 16 heavy (non-hydrogen) atoms. The highest BCUT2D eigenvalue weighted by molar-refractivity contribution is 4.85. The van der Waals surface area contributed by atoms with Crippen LogP contribution in [0.4, 0.5) is 0 Å². The lowest BCUT2D eigenvalue weighted by Crippen LogP contribution is -2.54. The van der Waals surface area contributed by atoms with E-state index >= 15 is 0 Å². The van der Waals surface area contributed by atoms with Crippen molar-refractivity contribution in [3.63, 3.8) is 0 Å². The van der Waals surface area contributed by atoms with Crippen molar-refractivity contribution in [2.75, 3.05) is 40.5 Å². The van der Waals surface area contributed by atoms with E-state index in [-0.39, 0.29) is 0 Å². The highest BCUT2D eigenvalue weighted by atomic mass is 16.5. The topological polar surface area (TPSA) is 33.7 Å². The van der Waals surface area contributed by atoms with E-state index < -0.39 is 0 Å². The van der Waals surface area contributed by atoms with Gasteiger partial charge in [0.15, 0.2) is 0 Å². The highest BCUT2D eigenvalue weighted by Gasteiger charge is 2.27. The summed E-state index contributed by atoms with van der Waals surface area (Å²) in [6.07, 6.45) is 1.41. The molecule has 1 N–H and O–H groups in total. The van der Waals surface area contributed by atoms with Gasteiger partial charge in [-0.15, -0.1) is 0 Å². The maximum absolute atomic E-state index is 5.57. The second-order valence-electron chi connectivity index (χ2n) is 4.73. The second-order valence-corrected chi connectivity index (χ2v) is 4.73. The third-order valence-corrected chi connectivity index (χ3v) is 3.16. The maximum atomic E-state index is 5.57. The molecule has 1 aliphatic heterocycles. The van der Waals surface area contributed by atoms with Crippen LogP contribution in [0.1, 0.15) is 20.3 Å². The molecule has 1 heterocycles. The largest absolute Gasteiger partial charge is 0.380 e. The Kier molecular flexibility index (Phi) is 6.28. The van der Waals surface area contributed by atoms with E-state index in [0.717, 1.165) is 32.8 Å². The highest BCUT2D eigenvalue weighted by Crippen LogP contribution is 2.12. The molecule has 0 aromatic carbocycles. The summed E-state index contributed by atoms with van der Waals surface area (Å²) in [5.74, 6) is 0. The summed E-state index contributed by atoms with van der Waals surface area (Å²) < 4.78 is 11.1. The summed E-state index contributed by atoms with van der Waals surface area (Å²) in [7, 11) is 4.18. The predicted octanol–water partition coefficient (Wildman–Crippen LogP) is 0.720. The zero-order valence-corrected chi connectivity index (χ0v) is 11.0. The van der Waals surface area contributed by atoms with Crippen LogP contribution in [0.15, 0.2) is 0 Å². The smallest absolute Gasteiger partial charge is 0.0636 e. The van der Waals surface area contributed by atoms with Gasteiger partial charge in [0, 0.05) is 25.2 Å². The zero-order valence-electron chi connectivity index (χ0n) is 11.0. The van der Waals surface area contributed by atoms with Crippen molar-refractivity contribution in [1.29, 1.82) is 0 Å². The van der Waals surface area contributed by atoms with E-state index in [4.69, 9.17) is 9.47 Å². The molecule has 0 amide bonds. The van der Waals surface area contributed by atoms with Gasteiger partial charge in [0.25, 0.3) is 0 Å². The van der Waals surface area contributed by atoms with Crippen molar-refractivity contribution in [3.05, 3.63) is 0 Å². The first-order valence-corrected chi connectivity index (χ1v) is 6.22. The Bertz CT molecular complexity index is 188. The Hall–Kier alpha value is -0.160. The molecule has 4 heteroatoms. The molecule has 1 rings (SSSR count). The van der Waals surface area contributed by atoms with E-state index in [1.807, 2.05) is 7.05 Å². The van der Waals surface area contributed by atoms with Crippen LogP contribution in [0.5, 0.6) is 0 Å². The minimum absolute atomic E-state index is 0.316. The summed E-state index contributed by atoms with van der Waals surface area (Å²) in [6, 6.07) is 1.01. The molecule has 0 aromatic heterocycles. The molecule has 0 saturated carbocycles. The number of rotatable bonds is 6. The first kappa shape index (κ1) is 13.9. The minimum atomic E-state index is 0.316. The van der Waals surface area contributed by atoms with Crippen molar-refractivity contribution in [1.82, 2.24) is 10.2 Å². The quantitative estimate of drug-likeness (QED) is 0.729. The van der Waals surface area contributed by atoms with E-state index in [0.29, 0.717) is 18.2 Å². The minimum Gasteiger partial charge on any atom is -0.380 e. The summed E-state index contributed by atoms with van der Waals surface area (Å²) in [5.41, 5.74) is 0. The standard InChI is InChI=1S/C12H26N2O2/c1-10(2)16-8-6-14(4)12-9-15-7-5-11(12)13-3/h10-13H,5-9H2,1-4H3. The van der Waals surface area contributed by atoms with Gasteiger partial charge in [-0.2, -0.15) is 0 Å². The fourth-order valence-electron chi connectivity index (χ4n) is 2.09. The van der Waals surface area contributed by atoms with Gasteiger partial charge in [-0.1, -0.05) is 0 Å². The Morgan fingerprint density at radius 3 is 2.88 bits per heavy atom. The Morgan fingerprint density at radius 2 is 2.25 bits per heavy atom. The summed E-state index contributed by atoms with van der Waals surface area (Å²) >= 11 is 0. The van der Waals surface area contributed by atoms with Crippen LogP contribution in [-0.2, 0) is 9.47 Å². The van der Waals surface area contributed by atoms with Gasteiger partial charge in [-0.05, 0) is 34.4 Å². The molecule has 0 spiro atoms. The average molecular weight is 230 g/mol. The van der Waals surface area contributed by atoms with Gasteiger partial charge in [-0.3, -0.25) is 4.90 Å². The maximum Gasteiger partial charge on any atom is 0.0636 e. The number of nitrogens with one attached hydrogen (secondary N) is 1. The lowest BCUT2D eigenvalue weighted by atomic mass is 10.0. The molecule has 0 aliphatic carbocycles. The number of likely N-dealkylation sites (N-methyl/N-ethyl adjacent to an activating group) is 2. The molecule has 4 nitrogen and oxygen atoms in total. The van der Waals surface area contributed by atoms with Crippen molar-refractivity contribution in [2.24, 2.45) is 0 Å². The predicted molar refractivity (Wildman–Crippen MR) is 65.8 cm³/mol. The summed E-state index contributed by atoms with van der Waals surface area (Å²) in [5, 5.41) is 3.37. The second kappa shape index (κ2) is 7.22. The van der Waals surface area contributed by atoms with Crippen molar-refractivity contribution >= 4 is 0 Å². The average Bonchev–Trinajstić information content (AvgIpc) is 2.28. The monoisotopic (exact) mass is 230 g/mol. The number of nitrogens with zero attached hydrogens (tertiary/aromatic N) is 1. The third kappa shape index (κ3) is 4.37. The van der Waals surface area contributed by atoms with E-state index in [1.165, 1.54) is 0 Å². The normalized spacial score (nSPS) is 26.6. The van der Waals surface area contributed by atoms with Crippen LogP contribution in [0.25, 0.3) is 0 Å². The van der Waals surface area contributed by atoms with Gasteiger partial charge in [0.2, 0.25) is 0 Å². The molecule has 1 aliphatic rings. The van der Waals surface area contributed by atoms with Crippen LogP contribution in [-0.4, -0.2) is 63.5 Å². The van der Waals surface area contributed by atoms with Crippen LogP contribution in [0, 0.1) is 0 Å². The molecule has 0 bridgehead atoms. The number of hydrogen-bond acceptors (Lipinski definition) is 4. The molecular formula is C12H26N2O2. The van der Waals surface area contributed by atoms with Gasteiger partial charge in [0.05, 0.1) is 19.3 Å². The Balaban J connectivity index is 2.29. The fourth-order valence-corrected chi connectivity index (χ4v) is 2.09. The molecule has 0 radical (unpaired) electrons. The Labute approximate surface area is 99.3 Å². The first-order valence-electron chi connectivity index (χ1n) is 6.22. The zero-order chi connectivity index (χ0) is 12.0. The van der Waals surface area contributed by atoms with Crippen LogP contribution in [0.3, 0.4) is 0 Å². The molecule has 0 aromatic rings. The molecule has 1 fully saturated rings. The van der Waals surface area contributed by atoms with Crippen LogP contribution >= 0.6 is 0 Å². The van der Waals surface area contributed by atoms with Gasteiger partial charge >= 0.3 is 0 Å². The summed E-state index contributed by atoms with van der Waals surface area (Å²) in [6.45, 7) is 7.59. The van der Waals surface area contributed by atoms with Gasteiger partial charge in [0.1, 0.15) is 0 Å². The molecule has 96 valence electrons. The van der Waals surface area contributed by atoms with Crippen molar-refractivity contribution in [3.8, 4) is 0 Å². The number of ether oxygens (including phenoxy) is 2. The van der Waals surface area contributed by atoms with E-state index in [2.05, 4.69) is 31.1 Å². The Morgan fingerprint density at radius 1 is 1.50 bits per heavy atom. The summed E-state index contributed by atoms with van der Waals surface area (Å²) in [4.78, 5) is 2.34. The molecule has 2 unspecified atom stereocenters. The van der Waals surface area contributed by atoms with Crippen molar-refractivity contribution in [2.45, 2.75) is 38.5 Å². The van der Waals surface area contributed by atoms with Crippen LogP contribution in [0.2, 0.25) is 0 Å².